The van der Waals surface area contributed by atoms with Crippen molar-refractivity contribution in [3.05, 3.63) is 48.8 Å². The van der Waals surface area contributed by atoms with Gasteiger partial charge in [-0.05, 0) is 18.2 Å². The number of carbonyl (C=O) groups is 2. The van der Waals surface area contributed by atoms with Gasteiger partial charge >= 0.3 is 5.97 Å². The van der Waals surface area contributed by atoms with Crippen molar-refractivity contribution in [2.24, 2.45) is 0 Å². The van der Waals surface area contributed by atoms with E-state index in [-0.39, 0.29) is 11.4 Å². The van der Waals surface area contributed by atoms with Crippen molar-refractivity contribution in [1.29, 1.82) is 0 Å². The molecule has 1 aromatic heterocycles. The molecule has 0 saturated heterocycles. The molecular weight excluding hydrogens is 267 g/mol. The monoisotopic (exact) mass is 276 g/mol. The first-order valence-electron chi connectivity index (χ1n) is 5.43. The standard InChI is InChI=1S/C12H9FN4O3/c13-9-5-8(16-11(18)3-4-12(19)20)1-2-10(9)17-7-14-6-15-17/h1-7H,(H,16,18)(H,19,20)/b4-3+. The van der Waals surface area contributed by atoms with Gasteiger partial charge in [-0.15, -0.1) is 0 Å². The maximum absolute atomic E-state index is 13.8. The smallest absolute Gasteiger partial charge is 0.328 e. The van der Waals surface area contributed by atoms with E-state index >= 15 is 0 Å². The fraction of sp³-hybridized carbons (Fsp3) is 0. The van der Waals surface area contributed by atoms with Gasteiger partial charge in [0.25, 0.3) is 0 Å². The molecule has 0 fully saturated rings. The molecule has 1 aromatic carbocycles. The van der Waals surface area contributed by atoms with Crippen molar-refractivity contribution in [3.8, 4) is 5.69 Å². The van der Waals surface area contributed by atoms with Crippen LogP contribution in [-0.2, 0) is 9.59 Å². The minimum Gasteiger partial charge on any atom is -0.478 e. The number of anilines is 1. The van der Waals surface area contributed by atoms with Crippen LogP contribution in [0.2, 0.25) is 0 Å². The summed E-state index contributed by atoms with van der Waals surface area (Å²) in [5, 5.41) is 14.5. The summed E-state index contributed by atoms with van der Waals surface area (Å²) in [5.74, 6) is -2.51. The number of halogens is 1. The Kier molecular flexibility index (Phi) is 3.85. The van der Waals surface area contributed by atoms with E-state index in [9.17, 15) is 14.0 Å². The summed E-state index contributed by atoms with van der Waals surface area (Å²) < 4.78 is 15.1. The highest BCUT2D eigenvalue weighted by molar-refractivity contribution is 6.02. The van der Waals surface area contributed by atoms with E-state index in [0.717, 1.165) is 12.1 Å². The van der Waals surface area contributed by atoms with Gasteiger partial charge in [-0.25, -0.2) is 18.9 Å². The van der Waals surface area contributed by atoms with Gasteiger partial charge in [0.1, 0.15) is 18.3 Å². The largest absolute Gasteiger partial charge is 0.478 e. The minimum absolute atomic E-state index is 0.182. The van der Waals surface area contributed by atoms with Crippen LogP contribution in [0.1, 0.15) is 0 Å². The Morgan fingerprint density at radius 3 is 2.75 bits per heavy atom. The SMILES string of the molecule is O=C(O)/C=C/C(=O)Nc1ccc(-n2cncn2)c(F)c1. The molecule has 20 heavy (non-hydrogen) atoms. The van der Waals surface area contributed by atoms with Gasteiger partial charge in [0.2, 0.25) is 5.91 Å². The van der Waals surface area contributed by atoms with Crippen molar-refractivity contribution in [2.45, 2.75) is 0 Å². The summed E-state index contributed by atoms with van der Waals surface area (Å²) >= 11 is 0. The summed E-state index contributed by atoms with van der Waals surface area (Å²) in [6, 6.07) is 3.98. The molecule has 2 N–H and O–H groups in total. The van der Waals surface area contributed by atoms with Gasteiger partial charge in [-0.2, -0.15) is 5.10 Å². The Morgan fingerprint density at radius 1 is 1.35 bits per heavy atom. The van der Waals surface area contributed by atoms with Gasteiger partial charge in [0, 0.05) is 17.8 Å². The van der Waals surface area contributed by atoms with E-state index < -0.39 is 17.7 Å². The molecule has 8 heteroatoms. The highest BCUT2D eigenvalue weighted by Gasteiger charge is 2.07. The maximum atomic E-state index is 13.8. The van der Waals surface area contributed by atoms with Crippen LogP contribution >= 0.6 is 0 Å². The summed E-state index contributed by atoms with van der Waals surface area (Å²) in [5.41, 5.74) is 0.382. The Labute approximate surface area is 112 Å². The van der Waals surface area contributed by atoms with Crippen molar-refractivity contribution in [1.82, 2.24) is 14.8 Å². The van der Waals surface area contributed by atoms with Crippen molar-refractivity contribution in [2.75, 3.05) is 5.32 Å². The molecule has 0 aliphatic carbocycles. The summed E-state index contributed by atoms with van der Waals surface area (Å²) in [7, 11) is 0. The number of carboxylic acids is 1. The lowest BCUT2D eigenvalue weighted by molar-refractivity contribution is -0.131. The van der Waals surface area contributed by atoms with Crippen LogP contribution in [0.4, 0.5) is 10.1 Å². The lowest BCUT2D eigenvalue weighted by atomic mass is 10.2. The Bertz CT molecular complexity index is 667. The van der Waals surface area contributed by atoms with Crippen LogP contribution < -0.4 is 5.32 Å². The van der Waals surface area contributed by atoms with Crippen LogP contribution in [0.3, 0.4) is 0 Å². The second kappa shape index (κ2) is 5.74. The fourth-order valence-electron chi connectivity index (χ4n) is 1.43. The number of carbonyl (C=O) groups excluding carboxylic acids is 1. The lowest BCUT2D eigenvalue weighted by Crippen LogP contribution is -2.09. The Balaban J connectivity index is 2.14. The van der Waals surface area contributed by atoms with Crippen LogP contribution in [0.25, 0.3) is 5.69 Å². The zero-order chi connectivity index (χ0) is 14.5. The first-order chi connectivity index (χ1) is 9.56. The van der Waals surface area contributed by atoms with E-state index in [1.807, 2.05) is 0 Å². The van der Waals surface area contributed by atoms with Crippen molar-refractivity contribution in [3.63, 3.8) is 0 Å². The van der Waals surface area contributed by atoms with Crippen molar-refractivity contribution < 1.29 is 19.1 Å². The number of hydrogen-bond acceptors (Lipinski definition) is 4. The third-order valence-corrected chi connectivity index (χ3v) is 2.26. The molecule has 0 aliphatic rings. The fourth-order valence-corrected chi connectivity index (χ4v) is 1.43. The quantitative estimate of drug-likeness (QED) is 0.811. The van der Waals surface area contributed by atoms with Crippen LogP contribution in [-0.4, -0.2) is 31.7 Å². The van der Waals surface area contributed by atoms with E-state index in [1.165, 1.54) is 29.5 Å². The molecular formula is C12H9FN4O3. The predicted octanol–water partition coefficient (Wildman–Crippen LogP) is 0.986. The number of amides is 1. The minimum atomic E-state index is -1.24. The van der Waals surface area contributed by atoms with Crippen LogP contribution in [0.5, 0.6) is 0 Å². The molecule has 0 spiro atoms. The second-order valence-corrected chi connectivity index (χ2v) is 3.67. The molecule has 2 rings (SSSR count). The predicted molar refractivity (Wildman–Crippen MR) is 66.7 cm³/mol. The number of aromatic nitrogens is 3. The van der Waals surface area contributed by atoms with E-state index in [4.69, 9.17) is 5.11 Å². The molecule has 0 bridgehead atoms. The first-order valence-corrected chi connectivity index (χ1v) is 5.43. The van der Waals surface area contributed by atoms with Gasteiger partial charge in [-0.3, -0.25) is 4.79 Å². The van der Waals surface area contributed by atoms with Crippen LogP contribution in [0, 0.1) is 5.82 Å². The summed E-state index contributed by atoms with van der Waals surface area (Å²) in [6.07, 6.45) is 4.14. The molecule has 102 valence electrons. The zero-order valence-electron chi connectivity index (χ0n) is 10.0. The van der Waals surface area contributed by atoms with Crippen LogP contribution in [0.15, 0.2) is 43.0 Å². The molecule has 0 radical (unpaired) electrons. The number of nitrogens with zero attached hydrogens (tertiary/aromatic N) is 3. The van der Waals surface area contributed by atoms with E-state index in [1.54, 1.807) is 0 Å². The molecule has 1 amide bonds. The van der Waals surface area contributed by atoms with E-state index in [0.29, 0.717) is 6.08 Å². The number of aliphatic carboxylic acids is 1. The average Bonchev–Trinajstić information content (AvgIpc) is 2.90. The third kappa shape index (κ3) is 3.25. The highest BCUT2D eigenvalue weighted by Crippen LogP contribution is 2.17. The third-order valence-electron chi connectivity index (χ3n) is 2.26. The van der Waals surface area contributed by atoms with Gasteiger partial charge in [-0.1, -0.05) is 0 Å². The molecule has 0 saturated carbocycles. The molecule has 0 atom stereocenters. The number of nitrogens with one attached hydrogen (secondary N) is 1. The molecule has 1 heterocycles. The number of benzene rings is 1. The first kappa shape index (κ1) is 13.4. The van der Waals surface area contributed by atoms with Gasteiger partial charge in [0.15, 0.2) is 5.82 Å². The topological polar surface area (TPSA) is 97.1 Å². The lowest BCUT2D eigenvalue weighted by Gasteiger charge is -2.06. The molecule has 0 aliphatic heterocycles. The zero-order valence-corrected chi connectivity index (χ0v) is 10.0. The number of hydrogen-bond donors (Lipinski definition) is 2. The molecule has 2 aromatic rings. The van der Waals surface area contributed by atoms with Crippen molar-refractivity contribution >= 4 is 17.6 Å². The average molecular weight is 276 g/mol. The maximum Gasteiger partial charge on any atom is 0.328 e. The number of rotatable bonds is 4. The normalized spacial score (nSPS) is 10.7. The van der Waals surface area contributed by atoms with E-state index in [2.05, 4.69) is 15.4 Å². The van der Waals surface area contributed by atoms with Gasteiger partial charge in [0.05, 0.1) is 0 Å². The molecule has 7 nitrogen and oxygen atoms in total. The summed E-state index contributed by atoms with van der Waals surface area (Å²) in [4.78, 5) is 25.3. The highest BCUT2D eigenvalue weighted by atomic mass is 19.1. The summed E-state index contributed by atoms with van der Waals surface area (Å²) in [6.45, 7) is 0. The number of carboxylic acid groups (broad SMARTS) is 1. The Morgan fingerprint density at radius 2 is 2.15 bits per heavy atom. The second-order valence-electron chi connectivity index (χ2n) is 3.67. The van der Waals surface area contributed by atoms with Gasteiger partial charge < -0.3 is 10.4 Å². The Hall–Kier alpha value is -3.03. The molecule has 0 unspecified atom stereocenters.